The van der Waals surface area contributed by atoms with Gasteiger partial charge in [-0.1, -0.05) is 6.07 Å². The number of benzene rings is 1. The van der Waals surface area contributed by atoms with E-state index < -0.39 is 0 Å². The van der Waals surface area contributed by atoms with E-state index in [-0.39, 0.29) is 6.61 Å². The van der Waals surface area contributed by atoms with Crippen LogP contribution < -0.4 is 4.74 Å². The molecule has 2 aromatic heterocycles. The molecular formula is C16H16N2O2. The number of rotatable bonds is 4. The predicted octanol–water partition coefficient (Wildman–Crippen LogP) is 2.59. The van der Waals surface area contributed by atoms with Crippen molar-refractivity contribution >= 4 is 10.9 Å². The minimum atomic E-state index is 0.0128. The molecule has 3 rings (SSSR count). The molecule has 102 valence electrons. The number of pyridine rings is 1. The van der Waals surface area contributed by atoms with E-state index in [1.54, 1.807) is 13.3 Å². The molecule has 0 fully saturated rings. The van der Waals surface area contributed by atoms with Crippen LogP contribution in [0.15, 0.2) is 48.8 Å². The summed E-state index contributed by atoms with van der Waals surface area (Å²) in [6.07, 6.45) is 3.76. The summed E-state index contributed by atoms with van der Waals surface area (Å²) in [6.45, 7) is 0.697. The van der Waals surface area contributed by atoms with E-state index in [9.17, 15) is 5.11 Å². The van der Waals surface area contributed by atoms with Crippen LogP contribution in [-0.4, -0.2) is 21.8 Å². The third kappa shape index (κ3) is 2.26. The zero-order valence-corrected chi connectivity index (χ0v) is 11.3. The van der Waals surface area contributed by atoms with E-state index in [1.165, 1.54) is 0 Å². The molecule has 0 aliphatic heterocycles. The lowest BCUT2D eigenvalue weighted by molar-refractivity contribution is 0.283. The van der Waals surface area contributed by atoms with Crippen molar-refractivity contribution in [1.82, 2.24) is 9.55 Å². The first-order valence-electron chi connectivity index (χ1n) is 6.48. The summed E-state index contributed by atoms with van der Waals surface area (Å²) < 4.78 is 7.35. The number of ether oxygens (including phenoxy) is 1. The highest BCUT2D eigenvalue weighted by atomic mass is 16.5. The maximum atomic E-state index is 9.51. The Kier molecular flexibility index (Phi) is 3.39. The first kappa shape index (κ1) is 12.7. The third-order valence-electron chi connectivity index (χ3n) is 3.40. The molecule has 2 heterocycles. The fraction of sp³-hybridized carbons (Fsp3) is 0.188. The van der Waals surface area contributed by atoms with E-state index in [0.717, 1.165) is 27.9 Å². The lowest BCUT2D eigenvalue weighted by atomic mass is 10.2. The monoisotopic (exact) mass is 268 g/mol. The number of hydrogen-bond acceptors (Lipinski definition) is 3. The standard InChI is InChI=1S/C16H16N2O2/c1-20-14-5-6-16-15(8-14)12(11-19)9-18(16)10-13-4-2-3-7-17-13/h2-9,19H,10-11H2,1H3. The fourth-order valence-corrected chi connectivity index (χ4v) is 2.40. The number of aliphatic hydroxyl groups is 1. The topological polar surface area (TPSA) is 47.3 Å². The average molecular weight is 268 g/mol. The zero-order valence-electron chi connectivity index (χ0n) is 11.3. The van der Waals surface area contributed by atoms with E-state index in [1.807, 2.05) is 42.6 Å². The van der Waals surface area contributed by atoms with E-state index in [0.29, 0.717) is 6.54 Å². The second-order valence-electron chi connectivity index (χ2n) is 4.64. The molecule has 4 heteroatoms. The zero-order chi connectivity index (χ0) is 13.9. The Balaban J connectivity index is 2.07. The highest BCUT2D eigenvalue weighted by molar-refractivity contribution is 5.85. The van der Waals surface area contributed by atoms with Crippen LogP contribution in [-0.2, 0) is 13.2 Å². The number of fused-ring (bicyclic) bond motifs is 1. The second-order valence-corrected chi connectivity index (χ2v) is 4.64. The Hall–Kier alpha value is -2.33. The first-order valence-corrected chi connectivity index (χ1v) is 6.48. The SMILES string of the molecule is COc1ccc2c(c1)c(CO)cn2Cc1ccccn1. The van der Waals surface area contributed by atoms with Crippen molar-refractivity contribution in [1.29, 1.82) is 0 Å². The molecule has 4 nitrogen and oxygen atoms in total. The number of nitrogens with zero attached hydrogens (tertiary/aromatic N) is 2. The second kappa shape index (κ2) is 5.35. The number of aliphatic hydroxyl groups excluding tert-OH is 1. The summed E-state index contributed by atoms with van der Waals surface area (Å²) in [7, 11) is 1.64. The van der Waals surface area contributed by atoms with Crippen LogP contribution >= 0.6 is 0 Å². The summed E-state index contributed by atoms with van der Waals surface area (Å²) in [5.41, 5.74) is 2.96. The first-order chi connectivity index (χ1) is 9.81. The molecule has 1 N–H and O–H groups in total. The quantitative estimate of drug-likeness (QED) is 0.791. The van der Waals surface area contributed by atoms with Crippen LogP contribution in [0.25, 0.3) is 10.9 Å². The Morgan fingerprint density at radius 3 is 2.85 bits per heavy atom. The largest absolute Gasteiger partial charge is 0.497 e. The van der Waals surface area contributed by atoms with Gasteiger partial charge in [-0.3, -0.25) is 4.98 Å². The molecule has 0 aliphatic rings. The minimum Gasteiger partial charge on any atom is -0.497 e. The molecule has 0 saturated heterocycles. The molecule has 20 heavy (non-hydrogen) atoms. The molecule has 0 saturated carbocycles. The highest BCUT2D eigenvalue weighted by Gasteiger charge is 2.09. The Labute approximate surface area is 117 Å². The Bertz CT molecular complexity index is 720. The summed E-state index contributed by atoms with van der Waals surface area (Å²) in [5.74, 6) is 0.794. The molecule has 0 amide bonds. The van der Waals surface area contributed by atoms with Gasteiger partial charge in [0.15, 0.2) is 0 Å². The van der Waals surface area contributed by atoms with Crippen LogP contribution in [0.2, 0.25) is 0 Å². The van der Waals surface area contributed by atoms with Gasteiger partial charge >= 0.3 is 0 Å². The van der Waals surface area contributed by atoms with Crippen molar-refractivity contribution in [2.75, 3.05) is 7.11 Å². The van der Waals surface area contributed by atoms with Crippen molar-refractivity contribution in [3.8, 4) is 5.75 Å². The van der Waals surface area contributed by atoms with E-state index >= 15 is 0 Å². The van der Waals surface area contributed by atoms with Gasteiger partial charge in [0.25, 0.3) is 0 Å². The van der Waals surface area contributed by atoms with Crippen LogP contribution in [0.1, 0.15) is 11.3 Å². The van der Waals surface area contributed by atoms with Gasteiger partial charge in [0.1, 0.15) is 5.75 Å². The average Bonchev–Trinajstić information content (AvgIpc) is 2.85. The van der Waals surface area contributed by atoms with Crippen molar-refractivity contribution in [2.45, 2.75) is 13.2 Å². The van der Waals surface area contributed by atoms with Gasteiger partial charge in [0.05, 0.1) is 26.0 Å². The van der Waals surface area contributed by atoms with E-state index in [2.05, 4.69) is 9.55 Å². The van der Waals surface area contributed by atoms with Crippen LogP contribution in [0.4, 0.5) is 0 Å². The molecule has 0 aliphatic carbocycles. The van der Waals surface area contributed by atoms with Gasteiger partial charge in [-0.05, 0) is 30.3 Å². The summed E-state index contributed by atoms with van der Waals surface area (Å²) in [4.78, 5) is 4.34. The molecule has 3 aromatic rings. The van der Waals surface area contributed by atoms with Gasteiger partial charge < -0.3 is 14.4 Å². The molecule has 0 unspecified atom stereocenters. The summed E-state index contributed by atoms with van der Waals surface area (Å²) >= 11 is 0. The highest BCUT2D eigenvalue weighted by Crippen LogP contribution is 2.26. The van der Waals surface area contributed by atoms with Gasteiger partial charge in [0, 0.05) is 28.9 Å². The predicted molar refractivity (Wildman–Crippen MR) is 77.8 cm³/mol. The number of hydrogen-bond donors (Lipinski definition) is 1. The minimum absolute atomic E-state index is 0.0128. The maximum absolute atomic E-state index is 9.51. The van der Waals surface area contributed by atoms with Crippen LogP contribution in [0.3, 0.4) is 0 Å². The maximum Gasteiger partial charge on any atom is 0.119 e. The summed E-state index contributed by atoms with van der Waals surface area (Å²) in [6, 6.07) is 11.8. The summed E-state index contributed by atoms with van der Waals surface area (Å²) in [5, 5.41) is 10.5. The van der Waals surface area contributed by atoms with Gasteiger partial charge in [-0.2, -0.15) is 0 Å². The molecule has 0 atom stereocenters. The van der Waals surface area contributed by atoms with Gasteiger partial charge in [0.2, 0.25) is 0 Å². The lowest BCUT2D eigenvalue weighted by Crippen LogP contribution is -1.99. The van der Waals surface area contributed by atoms with Crippen LogP contribution in [0.5, 0.6) is 5.75 Å². The normalized spacial score (nSPS) is 10.9. The Morgan fingerprint density at radius 2 is 2.15 bits per heavy atom. The molecule has 1 aromatic carbocycles. The van der Waals surface area contributed by atoms with Crippen LogP contribution in [0, 0.1) is 0 Å². The van der Waals surface area contributed by atoms with Crippen molar-refractivity contribution in [3.63, 3.8) is 0 Å². The van der Waals surface area contributed by atoms with E-state index in [4.69, 9.17) is 4.74 Å². The third-order valence-corrected chi connectivity index (χ3v) is 3.40. The Morgan fingerprint density at radius 1 is 1.25 bits per heavy atom. The fourth-order valence-electron chi connectivity index (χ4n) is 2.40. The van der Waals surface area contributed by atoms with Gasteiger partial charge in [-0.15, -0.1) is 0 Å². The number of methoxy groups -OCH3 is 1. The van der Waals surface area contributed by atoms with Gasteiger partial charge in [-0.25, -0.2) is 0 Å². The number of aromatic nitrogens is 2. The van der Waals surface area contributed by atoms with Crippen molar-refractivity contribution in [3.05, 3.63) is 60.0 Å². The smallest absolute Gasteiger partial charge is 0.119 e. The van der Waals surface area contributed by atoms with Crippen molar-refractivity contribution in [2.24, 2.45) is 0 Å². The molecule has 0 bridgehead atoms. The lowest BCUT2D eigenvalue weighted by Gasteiger charge is -2.05. The van der Waals surface area contributed by atoms with Crippen molar-refractivity contribution < 1.29 is 9.84 Å². The molecule has 0 spiro atoms. The molecule has 0 radical (unpaired) electrons. The molecular weight excluding hydrogens is 252 g/mol.